The van der Waals surface area contributed by atoms with Crippen LogP contribution in [0.5, 0.6) is 0 Å². The van der Waals surface area contributed by atoms with Crippen molar-refractivity contribution in [3.8, 4) is 0 Å². The number of aliphatic hydroxyl groups excluding tert-OH is 1. The number of carbonyl (C=O) groups is 1. The lowest BCUT2D eigenvalue weighted by molar-refractivity contribution is -0.123. The van der Waals surface area contributed by atoms with Crippen LogP contribution in [0.1, 0.15) is 44.8 Å². The Hall–Kier alpha value is -1.39. The van der Waals surface area contributed by atoms with E-state index in [1.807, 2.05) is 30.3 Å². The van der Waals surface area contributed by atoms with Gasteiger partial charge in [0.2, 0.25) is 5.91 Å². The summed E-state index contributed by atoms with van der Waals surface area (Å²) in [5.74, 6) is 0.573. The molecular weight excluding hydrogens is 276 g/mol. The van der Waals surface area contributed by atoms with Gasteiger partial charge in [-0.15, -0.1) is 0 Å². The Morgan fingerprint density at radius 3 is 2.77 bits per heavy atom. The molecule has 1 amide bonds. The van der Waals surface area contributed by atoms with Crippen LogP contribution in [0, 0.1) is 5.92 Å². The van der Waals surface area contributed by atoms with Gasteiger partial charge in [-0.05, 0) is 30.9 Å². The summed E-state index contributed by atoms with van der Waals surface area (Å²) in [4.78, 5) is 14.5. The van der Waals surface area contributed by atoms with Crippen molar-refractivity contribution < 1.29 is 9.90 Å². The van der Waals surface area contributed by atoms with Crippen LogP contribution in [-0.2, 0) is 4.79 Å². The Morgan fingerprint density at radius 2 is 2.09 bits per heavy atom. The number of nitrogens with zero attached hydrogens (tertiary/aromatic N) is 1. The summed E-state index contributed by atoms with van der Waals surface area (Å²) in [5, 5.41) is 13.1. The molecule has 1 saturated heterocycles. The van der Waals surface area contributed by atoms with Gasteiger partial charge in [-0.25, -0.2) is 0 Å². The Balaban J connectivity index is 1.75. The van der Waals surface area contributed by atoms with Crippen LogP contribution in [0.2, 0.25) is 0 Å². The number of carbonyl (C=O) groups excluding carboxylic acids is 1. The van der Waals surface area contributed by atoms with Gasteiger partial charge in [-0.2, -0.15) is 0 Å². The summed E-state index contributed by atoms with van der Waals surface area (Å²) in [6, 6.07) is 9.79. The Morgan fingerprint density at radius 1 is 1.36 bits per heavy atom. The van der Waals surface area contributed by atoms with E-state index in [0.29, 0.717) is 18.5 Å². The summed E-state index contributed by atoms with van der Waals surface area (Å²) < 4.78 is 0. The van der Waals surface area contributed by atoms with Crippen LogP contribution in [0.25, 0.3) is 0 Å². The lowest BCUT2D eigenvalue weighted by atomic mass is 10.1. The van der Waals surface area contributed by atoms with E-state index in [2.05, 4.69) is 24.1 Å². The highest BCUT2D eigenvalue weighted by molar-refractivity contribution is 5.76. The third-order valence-corrected chi connectivity index (χ3v) is 4.20. The molecule has 1 aliphatic heterocycles. The first-order chi connectivity index (χ1) is 10.6. The molecule has 122 valence electrons. The fraction of sp³-hybridized carbons (Fsp3) is 0.611. The highest BCUT2D eigenvalue weighted by Crippen LogP contribution is 2.19. The SMILES string of the molecule is CC(C)CN1CCC[C@@H]1CNC(=O)CC(O)c1ccccc1. The second kappa shape index (κ2) is 8.30. The monoisotopic (exact) mass is 304 g/mol. The van der Waals surface area contributed by atoms with E-state index >= 15 is 0 Å². The molecule has 1 fully saturated rings. The number of rotatable bonds is 7. The molecule has 4 heteroatoms. The molecule has 0 aliphatic carbocycles. The van der Waals surface area contributed by atoms with Gasteiger partial charge in [0.15, 0.2) is 0 Å². The summed E-state index contributed by atoms with van der Waals surface area (Å²) in [7, 11) is 0. The summed E-state index contributed by atoms with van der Waals surface area (Å²) in [6.45, 7) is 7.36. The lowest BCUT2D eigenvalue weighted by Crippen LogP contribution is -2.41. The molecule has 1 aromatic rings. The van der Waals surface area contributed by atoms with Gasteiger partial charge < -0.3 is 10.4 Å². The number of benzene rings is 1. The third kappa shape index (κ3) is 5.11. The first-order valence-electron chi connectivity index (χ1n) is 8.30. The van der Waals surface area contributed by atoms with Crippen molar-refractivity contribution in [2.75, 3.05) is 19.6 Å². The maximum Gasteiger partial charge on any atom is 0.223 e. The Bertz CT molecular complexity index is 461. The zero-order chi connectivity index (χ0) is 15.9. The lowest BCUT2D eigenvalue weighted by Gasteiger charge is -2.26. The van der Waals surface area contributed by atoms with Gasteiger partial charge in [-0.3, -0.25) is 9.69 Å². The molecule has 1 aliphatic rings. The van der Waals surface area contributed by atoms with Crippen LogP contribution >= 0.6 is 0 Å². The van der Waals surface area contributed by atoms with Gasteiger partial charge in [0.1, 0.15) is 0 Å². The molecule has 2 N–H and O–H groups in total. The number of aliphatic hydroxyl groups is 1. The van der Waals surface area contributed by atoms with E-state index in [0.717, 1.165) is 25.1 Å². The van der Waals surface area contributed by atoms with E-state index in [1.54, 1.807) is 0 Å². The van der Waals surface area contributed by atoms with E-state index in [9.17, 15) is 9.90 Å². The molecule has 1 aromatic carbocycles. The van der Waals surface area contributed by atoms with Gasteiger partial charge in [0.05, 0.1) is 12.5 Å². The molecule has 0 aromatic heterocycles. The number of nitrogens with one attached hydrogen (secondary N) is 1. The van der Waals surface area contributed by atoms with Crippen molar-refractivity contribution in [1.29, 1.82) is 0 Å². The molecule has 2 rings (SSSR count). The van der Waals surface area contributed by atoms with Crippen molar-refractivity contribution in [3.63, 3.8) is 0 Å². The maximum absolute atomic E-state index is 12.0. The maximum atomic E-state index is 12.0. The van der Waals surface area contributed by atoms with Gasteiger partial charge >= 0.3 is 0 Å². The first-order valence-corrected chi connectivity index (χ1v) is 8.30. The topological polar surface area (TPSA) is 52.6 Å². The Labute approximate surface area is 133 Å². The zero-order valence-corrected chi connectivity index (χ0v) is 13.7. The molecule has 4 nitrogen and oxygen atoms in total. The van der Waals surface area contributed by atoms with E-state index < -0.39 is 6.10 Å². The summed E-state index contributed by atoms with van der Waals surface area (Å²) >= 11 is 0. The molecule has 2 atom stereocenters. The largest absolute Gasteiger partial charge is 0.388 e. The highest BCUT2D eigenvalue weighted by Gasteiger charge is 2.25. The van der Waals surface area contributed by atoms with Crippen LogP contribution in [0.15, 0.2) is 30.3 Å². The normalized spacial score (nSPS) is 20.3. The second-order valence-electron chi connectivity index (χ2n) is 6.62. The van der Waals surface area contributed by atoms with Crippen molar-refractivity contribution >= 4 is 5.91 Å². The van der Waals surface area contributed by atoms with Crippen LogP contribution < -0.4 is 5.32 Å². The van der Waals surface area contributed by atoms with Crippen molar-refractivity contribution in [2.45, 2.75) is 45.3 Å². The molecule has 1 unspecified atom stereocenters. The van der Waals surface area contributed by atoms with Crippen LogP contribution in [-0.4, -0.2) is 41.6 Å². The Kier molecular flexibility index (Phi) is 6.40. The van der Waals surface area contributed by atoms with Crippen molar-refractivity contribution in [3.05, 3.63) is 35.9 Å². The van der Waals surface area contributed by atoms with E-state index in [1.165, 1.54) is 6.42 Å². The highest BCUT2D eigenvalue weighted by atomic mass is 16.3. The smallest absolute Gasteiger partial charge is 0.223 e. The first kappa shape index (κ1) is 17.0. The molecular formula is C18H28N2O2. The molecule has 0 bridgehead atoms. The fourth-order valence-electron chi connectivity index (χ4n) is 3.11. The molecule has 0 spiro atoms. The molecule has 0 saturated carbocycles. The zero-order valence-electron chi connectivity index (χ0n) is 13.7. The number of hydrogen-bond donors (Lipinski definition) is 2. The average molecular weight is 304 g/mol. The van der Waals surface area contributed by atoms with E-state index in [4.69, 9.17) is 0 Å². The molecule has 0 radical (unpaired) electrons. The third-order valence-electron chi connectivity index (χ3n) is 4.20. The number of likely N-dealkylation sites (tertiary alicyclic amines) is 1. The quantitative estimate of drug-likeness (QED) is 0.813. The summed E-state index contributed by atoms with van der Waals surface area (Å²) in [6.07, 6.45) is 1.76. The second-order valence-corrected chi connectivity index (χ2v) is 6.62. The van der Waals surface area contributed by atoms with Crippen LogP contribution in [0.3, 0.4) is 0 Å². The minimum atomic E-state index is -0.725. The summed E-state index contributed by atoms with van der Waals surface area (Å²) in [5.41, 5.74) is 0.792. The standard InChI is InChI=1S/C18H28N2O2/c1-14(2)13-20-10-6-9-16(20)12-19-18(22)11-17(21)15-7-4-3-5-8-15/h3-5,7-8,14,16-17,21H,6,9-13H2,1-2H3,(H,19,22)/t16-,17?/m1/s1. The van der Waals surface area contributed by atoms with Gasteiger partial charge in [-0.1, -0.05) is 44.2 Å². The fourth-order valence-corrected chi connectivity index (χ4v) is 3.11. The number of amides is 1. The molecule has 22 heavy (non-hydrogen) atoms. The molecule has 1 heterocycles. The predicted molar refractivity (Wildman–Crippen MR) is 88.5 cm³/mol. The number of hydrogen-bond acceptors (Lipinski definition) is 3. The van der Waals surface area contributed by atoms with Crippen molar-refractivity contribution in [2.24, 2.45) is 5.92 Å². The minimum Gasteiger partial charge on any atom is -0.388 e. The minimum absolute atomic E-state index is 0.0762. The van der Waals surface area contributed by atoms with Gasteiger partial charge in [0.25, 0.3) is 0 Å². The predicted octanol–water partition coefficient (Wildman–Crippen LogP) is 2.35. The van der Waals surface area contributed by atoms with E-state index in [-0.39, 0.29) is 12.3 Å². The van der Waals surface area contributed by atoms with Crippen LogP contribution in [0.4, 0.5) is 0 Å². The average Bonchev–Trinajstić information content (AvgIpc) is 2.92. The van der Waals surface area contributed by atoms with Crippen molar-refractivity contribution in [1.82, 2.24) is 10.2 Å². The van der Waals surface area contributed by atoms with Gasteiger partial charge in [0, 0.05) is 19.1 Å².